The van der Waals surface area contributed by atoms with E-state index in [1.807, 2.05) is 20.8 Å². The van der Waals surface area contributed by atoms with E-state index in [2.05, 4.69) is 19.6 Å². The van der Waals surface area contributed by atoms with Crippen LogP contribution in [0.25, 0.3) is 0 Å². The Morgan fingerprint density at radius 3 is 1.83 bits per heavy atom. The van der Waals surface area contributed by atoms with Gasteiger partial charge in [0.1, 0.15) is 0 Å². The smallest absolute Gasteiger partial charge is 0.374 e. The molecule has 138 valence electrons. The predicted octanol–water partition coefficient (Wildman–Crippen LogP) is 4.86. The van der Waals surface area contributed by atoms with E-state index in [4.69, 9.17) is 13.3 Å². The largest absolute Gasteiger partial charge is 0.500 e. The second-order valence-corrected chi connectivity index (χ2v) is 8.93. The van der Waals surface area contributed by atoms with Crippen molar-refractivity contribution >= 4 is 26.5 Å². The second-order valence-electron chi connectivity index (χ2n) is 5.76. The van der Waals surface area contributed by atoms with Gasteiger partial charge in [-0.15, -0.1) is 12.6 Å². The molecule has 0 aromatic heterocycles. The van der Waals surface area contributed by atoms with Crippen molar-refractivity contribution in [3.8, 4) is 0 Å². The van der Waals surface area contributed by atoms with Gasteiger partial charge in [-0.1, -0.05) is 32.6 Å². The van der Waals surface area contributed by atoms with Crippen molar-refractivity contribution in [1.29, 1.82) is 0 Å². The first-order chi connectivity index (χ1) is 11.0. The van der Waals surface area contributed by atoms with Crippen molar-refractivity contribution in [3.05, 3.63) is 0 Å². The fourth-order valence-corrected chi connectivity index (χ4v) is 5.67. The molecule has 0 aromatic rings. The molecule has 0 saturated heterocycles. The SMILES string of the molecule is CCCCCCC(CCC[Si](OCC)(OCC)OCC)C(=O)S. The molecule has 23 heavy (non-hydrogen) atoms. The average molecular weight is 365 g/mol. The van der Waals surface area contributed by atoms with Gasteiger partial charge in [0.25, 0.3) is 0 Å². The number of thiol groups is 1. The molecule has 0 spiro atoms. The van der Waals surface area contributed by atoms with Gasteiger partial charge < -0.3 is 13.3 Å². The van der Waals surface area contributed by atoms with Gasteiger partial charge in [-0.3, -0.25) is 4.79 Å². The molecule has 0 bridgehead atoms. The summed E-state index contributed by atoms with van der Waals surface area (Å²) >= 11 is 4.07. The highest BCUT2D eigenvalue weighted by atomic mass is 32.1. The first-order valence-electron chi connectivity index (χ1n) is 9.19. The van der Waals surface area contributed by atoms with Crippen LogP contribution in [0.4, 0.5) is 0 Å². The summed E-state index contributed by atoms with van der Waals surface area (Å²) in [5.41, 5.74) is 0. The molecule has 0 aliphatic rings. The fraction of sp³-hybridized carbons (Fsp3) is 0.941. The monoisotopic (exact) mass is 364 g/mol. The van der Waals surface area contributed by atoms with E-state index in [-0.39, 0.29) is 11.0 Å². The molecular weight excluding hydrogens is 328 g/mol. The molecule has 0 aliphatic heterocycles. The van der Waals surface area contributed by atoms with Gasteiger partial charge in [-0.05, 0) is 40.0 Å². The summed E-state index contributed by atoms with van der Waals surface area (Å²) in [6.07, 6.45) is 7.43. The first-order valence-corrected chi connectivity index (χ1v) is 11.6. The van der Waals surface area contributed by atoms with Crippen molar-refractivity contribution in [2.75, 3.05) is 19.8 Å². The molecule has 0 fully saturated rings. The molecule has 4 nitrogen and oxygen atoms in total. The Hall–Kier alpha value is 0.117. The molecule has 1 atom stereocenters. The van der Waals surface area contributed by atoms with E-state index in [0.717, 1.165) is 31.7 Å². The van der Waals surface area contributed by atoms with Gasteiger partial charge >= 0.3 is 8.80 Å². The Morgan fingerprint density at radius 1 is 0.870 bits per heavy atom. The number of rotatable bonds is 16. The third-order valence-electron chi connectivity index (χ3n) is 3.88. The van der Waals surface area contributed by atoms with Crippen LogP contribution in [0, 0.1) is 5.92 Å². The third-order valence-corrected chi connectivity index (χ3v) is 7.40. The molecule has 0 aliphatic carbocycles. The van der Waals surface area contributed by atoms with Crippen LogP contribution in [-0.2, 0) is 18.1 Å². The quantitative estimate of drug-likeness (QED) is 0.241. The first kappa shape index (κ1) is 23.1. The van der Waals surface area contributed by atoms with Crippen LogP contribution in [0.2, 0.25) is 6.04 Å². The lowest BCUT2D eigenvalue weighted by atomic mass is 9.97. The lowest BCUT2D eigenvalue weighted by Gasteiger charge is -2.28. The van der Waals surface area contributed by atoms with Crippen LogP contribution < -0.4 is 0 Å². The summed E-state index contributed by atoms with van der Waals surface area (Å²) in [5.74, 6) is 0.0479. The van der Waals surface area contributed by atoms with Crippen LogP contribution in [0.5, 0.6) is 0 Å². The highest BCUT2D eigenvalue weighted by Crippen LogP contribution is 2.24. The van der Waals surface area contributed by atoms with E-state index in [9.17, 15) is 4.79 Å². The summed E-state index contributed by atoms with van der Waals surface area (Å²) < 4.78 is 17.6. The van der Waals surface area contributed by atoms with Crippen LogP contribution in [-0.4, -0.2) is 33.7 Å². The molecule has 0 saturated carbocycles. The van der Waals surface area contributed by atoms with Crippen LogP contribution in [0.3, 0.4) is 0 Å². The van der Waals surface area contributed by atoms with Gasteiger partial charge in [0.05, 0.1) is 0 Å². The minimum absolute atomic E-state index is 0.0120. The fourth-order valence-electron chi connectivity index (χ4n) is 2.78. The molecule has 0 aromatic carbocycles. The predicted molar refractivity (Wildman–Crippen MR) is 101 cm³/mol. The average Bonchev–Trinajstić information content (AvgIpc) is 2.50. The lowest BCUT2D eigenvalue weighted by Crippen LogP contribution is -2.46. The summed E-state index contributed by atoms with van der Waals surface area (Å²) in [7, 11) is -2.58. The maximum absolute atomic E-state index is 11.7. The Labute approximate surface area is 149 Å². The molecule has 0 rings (SSSR count). The number of carbonyl (C=O) groups is 1. The Morgan fingerprint density at radius 2 is 1.39 bits per heavy atom. The summed E-state index contributed by atoms with van der Waals surface area (Å²) in [5, 5.41) is 0.0120. The Kier molecular flexibility index (Phi) is 14.5. The molecule has 1 unspecified atom stereocenters. The van der Waals surface area contributed by atoms with Crippen LogP contribution >= 0.6 is 12.6 Å². The highest BCUT2D eigenvalue weighted by molar-refractivity contribution is 7.96. The van der Waals surface area contributed by atoms with E-state index >= 15 is 0 Å². The van der Waals surface area contributed by atoms with Crippen molar-refractivity contribution < 1.29 is 18.1 Å². The van der Waals surface area contributed by atoms with Crippen LogP contribution in [0.15, 0.2) is 0 Å². The number of carbonyl (C=O) groups excluding carboxylic acids is 1. The molecule has 0 N–H and O–H groups in total. The van der Waals surface area contributed by atoms with Crippen molar-refractivity contribution in [3.63, 3.8) is 0 Å². The molecule has 0 heterocycles. The third kappa shape index (κ3) is 10.6. The van der Waals surface area contributed by atoms with Gasteiger partial charge in [0, 0.05) is 31.8 Å². The van der Waals surface area contributed by atoms with Gasteiger partial charge in [-0.2, -0.15) is 0 Å². The zero-order chi connectivity index (χ0) is 17.6. The van der Waals surface area contributed by atoms with Gasteiger partial charge in [-0.25, -0.2) is 0 Å². The molecule has 6 heteroatoms. The Balaban J connectivity index is 4.41. The van der Waals surface area contributed by atoms with Crippen molar-refractivity contribution in [2.24, 2.45) is 5.92 Å². The van der Waals surface area contributed by atoms with Crippen molar-refractivity contribution in [2.45, 2.75) is 78.7 Å². The maximum Gasteiger partial charge on any atom is 0.500 e. The minimum atomic E-state index is -2.58. The summed E-state index contributed by atoms with van der Waals surface area (Å²) in [6.45, 7) is 9.88. The van der Waals surface area contributed by atoms with E-state index in [1.54, 1.807) is 0 Å². The number of unbranched alkanes of at least 4 members (excludes halogenated alkanes) is 3. The van der Waals surface area contributed by atoms with Crippen LogP contribution in [0.1, 0.15) is 72.6 Å². The van der Waals surface area contributed by atoms with E-state index in [0.29, 0.717) is 19.8 Å². The number of hydrogen-bond acceptors (Lipinski definition) is 4. The van der Waals surface area contributed by atoms with E-state index in [1.165, 1.54) is 19.3 Å². The topological polar surface area (TPSA) is 44.8 Å². The zero-order valence-corrected chi connectivity index (χ0v) is 17.3. The van der Waals surface area contributed by atoms with Crippen molar-refractivity contribution in [1.82, 2.24) is 0 Å². The summed E-state index contributed by atoms with van der Waals surface area (Å²) in [6, 6.07) is 0.773. The highest BCUT2D eigenvalue weighted by Gasteiger charge is 2.39. The maximum atomic E-state index is 11.7. The molecular formula is C17H36O4SSi. The second kappa shape index (κ2) is 14.5. The molecule has 0 amide bonds. The Bertz CT molecular complexity index is 285. The van der Waals surface area contributed by atoms with Gasteiger partial charge in [0.2, 0.25) is 0 Å². The normalized spacial score (nSPS) is 13.3. The lowest BCUT2D eigenvalue weighted by molar-refractivity contribution is -0.114. The van der Waals surface area contributed by atoms with E-state index < -0.39 is 8.80 Å². The number of hydrogen-bond donors (Lipinski definition) is 1. The summed E-state index contributed by atoms with van der Waals surface area (Å²) in [4.78, 5) is 11.7. The minimum Gasteiger partial charge on any atom is -0.374 e. The van der Waals surface area contributed by atoms with Gasteiger partial charge in [0.15, 0.2) is 5.12 Å². The zero-order valence-electron chi connectivity index (χ0n) is 15.4. The standard InChI is InChI=1S/C17H36O4SSi/c1-5-9-10-11-13-16(17(18)22)14-12-15-23(19-6-2,20-7-3)21-8-4/h16H,5-15H2,1-4H3,(H,18,22). The molecule has 0 radical (unpaired) electrons.